The van der Waals surface area contributed by atoms with Gasteiger partial charge in [-0.1, -0.05) is 6.07 Å². The van der Waals surface area contributed by atoms with Crippen LogP contribution in [0.15, 0.2) is 30.6 Å². The van der Waals surface area contributed by atoms with Crippen LogP contribution in [0.3, 0.4) is 0 Å². The van der Waals surface area contributed by atoms with E-state index in [1.165, 1.54) is 6.08 Å². The predicted molar refractivity (Wildman–Crippen MR) is 68.8 cm³/mol. The molecule has 1 aromatic heterocycles. The molecule has 0 bridgehead atoms. The zero-order valence-electron chi connectivity index (χ0n) is 10.4. The van der Waals surface area contributed by atoms with E-state index in [4.69, 9.17) is 9.84 Å². The Morgan fingerprint density at radius 2 is 2.50 bits per heavy atom. The number of hydrogen-bond acceptors (Lipinski definition) is 4. The molecule has 5 nitrogen and oxygen atoms in total. The first kappa shape index (κ1) is 14.3. The number of aliphatic hydroxyl groups is 1. The maximum atomic E-state index is 11.6. The Hall–Kier alpha value is -1.72. The van der Waals surface area contributed by atoms with Crippen molar-refractivity contribution in [3.8, 4) is 0 Å². The van der Waals surface area contributed by atoms with Crippen molar-refractivity contribution in [2.45, 2.75) is 12.5 Å². The van der Waals surface area contributed by atoms with Gasteiger partial charge >= 0.3 is 0 Å². The van der Waals surface area contributed by atoms with Crippen molar-refractivity contribution in [1.29, 1.82) is 0 Å². The summed E-state index contributed by atoms with van der Waals surface area (Å²) in [4.78, 5) is 15.5. The summed E-state index contributed by atoms with van der Waals surface area (Å²) in [5, 5.41) is 11.8. The molecule has 98 valence electrons. The van der Waals surface area contributed by atoms with Crippen LogP contribution in [0.1, 0.15) is 12.0 Å². The van der Waals surface area contributed by atoms with Gasteiger partial charge in [0.05, 0.1) is 12.6 Å². The monoisotopic (exact) mass is 250 g/mol. The number of nitrogens with zero attached hydrogens (tertiary/aromatic N) is 1. The molecule has 0 radical (unpaired) electrons. The molecule has 1 unspecified atom stereocenters. The molecule has 1 heterocycles. The van der Waals surface area contributed by atoms with Crippen LogP contribution >= 0.6 is 0 Å². The smallest absolute Gasteiger partial charge is 0.244 e. The zero-order valence-corrected chi connectivity index (χ0v) is 10.4. The van der Waals surface area contributed by atoms with Crippen molar-refractivity contribution in [3.05, 3.63) is 36.2 Å². The Labute approximate surface area is 107 Å². The average molecular weight is 250 g/mol. The SMILES string of the molecule is COCCC(CO)NC(=O)/C=C/c1cccnc1. The van der Waals surface area contributed by atoms with Crippen LogP contribution in [0, 0.1) is 0 Å². The molecule has 1 rings (SSSR count). The first-order chi connectivity index (χ1) is 8.76. The van der Waals surface area contributed by atoms with E-state index in [0.29, 0.717) is 13.0 Å². The van der Waals surface area contributed by atoms with Crippen LogP contribution in [0.2, 0.25) is 0 Å². The van der Waals surface area contributed by atoms with E-state index in [9.17, 15) is 4.79 Å². The van der Waals surface area contributed by atoms with Gasteiger partial charge in [0.2, 0.25) is 5.91 Å². The lowest BCUT2D eigenvalue weighted by Crippen LogP contribution is -2.37. The normalized spacial score (nSPS) is 12.6. The molecular formula is C13H18N2O3. The molecule has 1 aromatic rings. The zero-order chi connectivity index (χ0) is 13.2. The number of carbonyl (C=O) groups excluding carboxylic acids is 1. The van der Waals surface area contributed by atoms with Crippen LogP contribution in [0.4, 0.5) is 0 Å². The van der Waals surface area contributed by atoms with Gasteiger partial charge < -0.3 is 15.2 Å². The van der Waals surface area contributed by atoms with E-state index in [1.54, 1.807) is 31.6 Å². The number of hydrogen-bond donors (Lipinski definition) is 2. The fraction of sp³-hybridized carbons (Fsp3) is 0.385. The minimum absolute atomic E-state index is 0.101. The highest BCUT2D eigenvalue weighted by molar-refractivity contribution is 5.91. The first-order valence-corrected chi connectivity index (χ1v) is 5.74. The van der Waals surface area contributed by atoms with Gasteiger partial charge in [0, 0.05) is 32.2 Å². The number of rotatable bonds is 7. The fourth-order valence-corrected chi connectivity index (χ4v) is 1.36. The van der Waals surface area contributed by atoms with Gasteiger partial charge in [-0.05, 0) is 24.1 Å². The largest absolute Gasteiger partial charge is 0.394 e. The van der Waals surface area contributed by atoms with E-state index < -0.39 is 0 Å². The van der Waals surface area contributed by atoms with Crippen molar-refractivity contribution in [2.24, 2.45) is 0 Å². The molecule has 0 saturated carbocycles. The van der Waals surface area contributed by atoms with Crippen molar-refractivity contribution in [2.75, 3.05) is 20.3 Å². The van der Waals surface area contributed by atoms with Crippen molar-refractivity contribution in [3.63, 3.8) is 0 Å². The summed E-state index contributed by atoms with van der Waals surface area (Å²) >= 11 is 0. The molecule has 2 N–H and O–H groups in total. The third-order valence-electron chi connectivity index (χ3n) is 2.35. The Kier molecular flexibility index (Phi) is 6.68. The van der Waals surface area contributed by atoms with Crippen molar-refractivity contribution in [1.82, 2.24) is 10.3 Å². The van der Waals surface area contributed by atoms with E-state index in [0.717, 1.165) is 5.56 Å². The fourth-order valence-electron chi connectivity index (χ4n) is 1.36. The van der Waals surface area contributed by atoms with E-state index in [1.807, 2.05) is 6.07 Å². The summed E-state index contributed by atoms with van der Waals surface area (Å²) in [6.07, 6.45) is 7.02. The van der Waals surface area contributed by atoms with Gasteiger partial charge in [-0.3, -0.25) is 9.78 Å². The van der Waals surface area contributed by atoms with Crippen LogP contribution < -0.4 is 5.32 Å². The summed E-state index contributed by atoms with van der Waals surface area (Å²) in [5.74, 6) is -0.242. The van der Waals surface area contributed by atoms with Gasteiger partial charge in [0.15, 0.2) is 0 Å². The third kappa shape index (κ3) is 5.56. The van der Waals surface area contributed by atoms with E-state index in [-0.39, 0.29) is 18.6 Å². The number of methoxy groups -OCH3 is 1. The number of nitrogens with one attached hydrogen (secondary N) is 1. The summed E-state index contributed by atoms with van der Waals surface area (Å²) in [7, 11) is 1.58. The molecule has 5 heteroatoms. The molecule has 0 fully saturated rings. The van der Waals surface area contributed by atoms with Crippen LogP contribution in [-0.4, -0.2) is 42.4 Å². The lowest BCUT2D eigenvalue weighted by molar-refractivity contribution is -0.117. The minimum Gasteiger partial charge on any atom is -0.394 e. The quantitative estimate of drug-likeness (QED) is 0.695. The maximum Gasteiger partial charge on any atom is 0.244 e. The van der Waals surface area contributed by atoms with Gasteiger partial charge in [-0.25, -0.2) is 0 Å². The highest BCUT2D eigenvalue weighted by Crippen LogP contribution is 1.98. The molecular weight excluding hydrogens is 232 g/mol. The molecule has 0 aliphatic carbocycles. The molecule has 0 aromatic carbocycles. The number of ether oxygens (including phenoxy) is 1. The van der Waals surface area contributed by atoms with Gasteiger partial charge in [0.25, 0.3) is 0 Å². The number of aromatic nitrogens is 1. The molecule has 1 amide bonds. The Morgan fingerprint density at radius 1 is 1.67 bits per heavy atom. The second-order valence-electron chi connectivity index (χ2n) is 3.79. The molecule has 0 spiro atoms. The summed E-state index contributed by atoms with van der Waals surface area (Å²) in [5.41, 5.74) is 0.852. The second-order valence-corrected chi connectivity index (χ2v) is 3.79. The maximum absolute atomic E-state index is 11.6. The number of amides is 1. The van der Waals surface area contributed by atoms with Gasteiger partial charge in [-0.15, -0.1) is 0 Å². The summed E-state index contributed by atoms with van der Waals surface area (Å²) in [6.45, 7) is 0.396. The number of pyridine rings is 1. The third-order valence-corrected chi connectivity index (χ3v) is 2.35. The van der Waals surface area contributed by atoms with Crippen LogP contribution in [-0.2, 0) is 9.53 Å². The van der Waals surface area contributed by atoms with Gasteiger partial charge in [0.1, 0.15) is 0 Å². The topological polar surface area (TPSA) is 71.5 Å². The first-order valence-electron chi connectivity index (χ1n) is 5.74. The highest BCUT2D eigenvalue weighted by atomic mass is 16.5. The molecule has 18 heavy (non-hydrogen) atoms. The highest BCUT2D eigenvalue weighted by Gasteiger charge is 2.08. The van der Waals surface area contributed by atoms with Crippen LogP contribution in [0.5, 0.6) is 0 Å². The number of carbonyl (C=O) groups is 1. The number of aliphatic hydroxyl groups excluding tert-OH is 1. The molecule has 1 atom stereocenters. The van der Waals surface area contributed by atoms with Crippen LogP contribution in [0.25, 0.3) is 6.08 Å². The molecule has 0 aliphatic rings. The molecule has 0 aliphatic heterocycles. The van der Waals surface area contributed by atoms with Crippen molar-refractivity contribution < 1.29 is 14.6 Å². The Balaban J connectivity index is 2.42. The van der Waals surface area contributed by atoms with Crippen molar-refractivity contribution >= 4 is 12.0 Å². The van der Waals surface area contributed by atoms with E-state index >= 15 is 0 Å². The van der Waals surface area contributed by atoms with Gasteiger partial charge in [-0.2, -0.15) is 0 Å². The average Bonchev–Trinajstić information content (AvgIpc) is 2.42. The summed E-state index contributed by atoms with van der Waals surface area (Å²) < 4.78 is 4.90. The second kappa shape index (κ2) is 8.38. The van der Waals surface area contributed by atoms with E-state index in [2.05, 4.69) is 10.3 Å². The lowest BCUT2D eigenvalue weighted by Gasteiger charge is -2.14. The Morgan fingerprint density at radius 3 is 3.11 bits per heavy atom. The standard InChI is InChI=1S/C13H18N2O3/c1-18-8-6-12(10-16)15-13(17)5-4-11-3-2-7-14-9-11/h2-5,7,9,12,16H,6,8,10H2,1H3,(H,15,17)/b5-4+. The summed E-state index contributed by atoms with van der Waals surface area (Å²) in [6, 6.07) is 3.37. The minimum atomic E-state index is -0.281. The predicted octanol–water partition coefficient (Wildman–Crippen LogP) is 0.608. The molecule has 0 saturated heterocycles. The Bertz CT molecular complexity index is 379. The lowest BCUT2D eigenvalue weighted by atomic mass is 10.2.